The predicted octanol–water partition coefficient (Wildman–Crippen LogP) is 0.821. The smallest absolute Gasteiger partial charge is 0.223 e. The van der Waals surface area contributed by atoms with Crippen LogP contribution in [0.5, 0.6) is 0 Å². The number of nitrogens with zero attached hydrogens (tertiary/aromatic N) is 3. The highest BCUT2D eigenvalue weighted by Crippen LogP contribution is 2.26. The van der Waals surface area contributed by atoms with Gasteiger partial charge in [0.05, 0.1) is 0 Å². The van der Waals surface area contributed by atoms with E-state index in [4.69, 9.17) is 5.73 Å². The zero-order valence-corrected chi connectivity index (χ0v) is 11.4. The van der Waals surface area contributed by atoms with Gasteiger partial charge in [-0.25, -0.2) is 0 Å². The molecule has 19 heavy (non-hydrogen) atoms. The monoisotopic (exact) mass is 262 g/mol. The Labute approximate surface area is 113 Å². The van der Waals surface area contributed by atoms with Crippen molar-refractivity contribution in [3.05, 3.63) is 6.07 Å². The van der Waals surface area contributed by atoms with Crippen molar-refractivity contribution < 1.29 is 0 Å². The van der Waals surface area contributed by atoms with Gasteiger partial charge < -0.3 is 21.3 Å². The van der Waals surface area contributed by atoms with Crippen molar-refractivity contribution in [2.75, 3.05) is 35.6 Å². The molecule has 2 saturated heterocycles. The molecular formula is C13H22N6. The van der Waals surface area contributed by atoms with E-state index in [-0.39, 0.29) is 0 Å². The lowest BCUT2D eigenvalue weighted by molar-refractivity contribution is 0.726. The van der Waals surface area contributed by atoms with E-state index in [1.807, 2.05) is 6.07 Å². The van der Waals surface area contributed by atoms with Crippen LogP contribution in [0.1, 0.15) is 26.2 Å². The second-order valence-electron chi connectivity index (χ2n) is 5.49. The van der Waals surface area contributed by atoms with E-state index in [1.165, 1.54) is 12.8 Å². The van der Waals surface area contributed by atoms with Crippen molar-refractivity contribution in [3.8, 4) is 0 Å². The van der Waals surface area contributed by atoms with Gasteiger partial charge in [0.25, 0.3) is 0 Å². The minimum atomic E-state index is 0.352. The molecule has 0 radical (unpaired) electrons. The van der Waals surface area contributed by atoms with Crippen molar-refractivity contribution in [1.29, 1.82) is 0 Å². The maximum Gasteiger partial charge on any atom is 0.223 e. The summed E-state index contributed by atoms with van der Waals surface area (Å²) in [6, 6.07) is 3.00. The Kier molecular flexibility index (Phi) is 3.42. The second-order valence-corrected chi connectivity index (χ2v) is 5.49. The van der Waals surface area contributed by atoms with E-state index >= 15 is 0 Å². The fraction of sp³-hybridized carbons (Fsp3) is 0.692. The quantitative estimate of drug-likeness (QED) is 0.748. The van der Waals surface area contributed by atoms with Crippen LogP contribution in [-0.2, 0) is 0 Å². The highest BCUT2D eigenvalue weighted by molar-refractivity contribution is 5.54. The lowest BCUT2D eigenvalue weighted by atomic mass is 10.2. The Morgan fingerprint density at radius 2 is 2.32 bits per heavy atom. The number of hydrogen-bond donors (Lipinski definition) is 3. The van der Waals surface area contributed by atoms with E-state index < -0.39 is 0 Å². The molecule has 2 atom stereocenters. The third-order valence-corrected chi connectivity index (χ3v) is 3.99. The molecule has 0 amide bonds. The van der Waals surface area contributed by atoms with Crippen LogP contribution < -0.4 is 21.3 Å². The Bertz CT molecular complexity index is 443. The number of nitrogen functional groups attached to an aromatic ring is 1. The first kappa shape index (κ1) is 12.5. The molecule has 3 rings (SSSR count). The standard InChI is InChI=1S/C13H22N6/c1-9-3-2-6-19(9)12-7-11(17-13(14)18-12)16-10-4-5-15-8-10/h7,9-10,15H,2-6,8H2,1H3,(H3,14,16,17,18). The van der Waals surface area contributed by atoms with Gasteiger partial charge in [0.2, 0.25) is 5.95 Å². The molecule has 0 bridgehead atoms. The van der Waals surface area contributed by atoms with Crippen LogP contribution in [0.3, 0.4) is 0 Å². The molecular weight excluding hydrogens is 240 g/mol. The predicted molar refractivity (Wildman–Crippen MR) is 77.4 cm³/mol. The average molecular weight is 262 g/mol. The molecule has 3 heterocycles. The normalized spacial score (nSPS) is 26.9. The number of aromatic nitrogens is 2. The third-order valence-electron chi connectivity index (χ3n) is 3.99. The molecule has 0 spiro atoms. The van der Waals surface area contributed by atoms with Crippen LogP contribution >= 0.6 is 0 Å². The number of nitrogens with two attached hydrogens (primary N) is 1. The maximum atomic E-state index is 5.84. The SMILES string of the molecule is CC1CCCN1c1cc(NC2CCNC2)nc(N)n1. The zero-order valence-electron chi connectivity index (χ0n) is 11.4. The molecule has 0 aromatic carbocycles. The molecule has 104 valence electrons. The minimum absolute atomic E-state index is 0.352. The van der Waals surface area contributed by atoms with Crippen molar-refractivity contribution in [3.63, 3.8) is 0 Å². The molecule has 2 fully saturated rings. The first-order valence-electron chi connectivity index (χ1n) is 7.11. The van der Waals surface area contributed by atoms with E-state index in [2.05, 4.69) is 32.4 Å². The Morgan fingerprint density at radius 1 is 1.42 bits per heavy atom. The van der Waals surface area contributed by atoms with Crippen LogP contribution in [0, 0.1) is 0 Å². The molecule has 4 N–H and O–H groups in total. The topological polar surface area (TPSA) is 79.1 Å². The van der Waals surface area contributed by atoms with Gasteiger partial charge in [0.15, 0.2) is 0 Å². The van der Waals surface area contributed by atoms with E-state index in [9.17, 15) is 0 Å². The maximum absolute atomic E-state index is 5.84. The summed E-state index contributed by atoms with van der Waals surface area (Å²) in [5.41, 5.74) is 5.84. The van der Waals surface area contributed by atoms with Crippen LogP contribution in [0.25, 0.3) is 0 Å². The Morgan fingerprint density at radius 3 is 3.00 bits per heavy atom. The lowest BCUT2D eigenvalue weighted by Gasteiger charge is -2.23. The molecule has 6 nitrogen and oxygen atoms in total. The van der Waals surface area contributed by atoms with Gasteiger partial charge in [0.1, 0.15) is 11.6 Å². The summed E-state index contributed by atoms with van der Waals surface area (Å²) in [6.45, 7) is 5.34. The van der Waals surface area contributed by atoms with Gasteiger partial charge >= 0.3 is 0 Å². The summed E-state index contributed by atoms with van der Waals surface area (Å²) in [5.74, 6) is 2.14. The molecule has 0 aliphatic carbocycles. The molecule has 2 aliphatic heterocycles. The van der Waals surface area contributed by atoms with Gasteiger partial charge in [0, 0.05) is 31.2 Å². The van der Waals surface area contributed by atoms with Crippen molar-refractivity contribution in [1.82, 2.24) is 15.3 Å². The molecule has 1 aromatic heterocycles. The second kappa shape index (κ2) is 5.21. The summed E-state index contributed by atoms with van der Waals surface area (Å²) in [7, 11) is 0. The number of anilines is 3. The average Bonchev–Trinajstić information content (AvgIpc) is 2.99. The first-order valence-corrected chi connectivity index (χ1v) is 7.11. The van der Waals surface area contributed by atoms with Crippen molar-refractivity contribution in [2.45, 2.75) is 38.3 Å². The highest BCUT2D eigenvalue weighted by atomic mass is 15.3. The van der Waals surface area contributed by atoms with Crippen LogP contribution in [0.15, 0.2) is 6.07 Å². The molecule has 0 saturated carbocycles. The molecule has 2 unspecified atom stereocenters. The molecule has 6 heteroatoms. The van der Waals surface area contributed by atoms with E-state index in [0.29, 0.717) is 18.0 Å². The highest BCUT2D eigenvalue weighted by Gasteiger charge is 2.23. The largest absolute Gasteiger partial charge is 0.368 e. The van der Waals surface area contributed by atoms with Crippen molar-refractivity contribution in [2.24, 2.45) is 0 Å². The third kappa shape index (κ3) is 2.73. The lowest BCUT2D eigenvalue weighted by Crippen LogP contribution is -2.28. The first-order chi connectivity index (χ1) is 9.22. The zero-order chi connectivity index (χ0) is 13.2. The van der Waals surface area contributed by atoms with Gasteiger partial charge in [-0.2, -0.15) is 9.97 Å². The van der Waals surface area contributed by atoms with E-state index in [0.717, 1.165) is 37.7 Å². The van der Waals surface area contributed by atoms with Gasteiger partial charge in [-0.3, -0.25) is 0 Å². The van der Waals surface area contributed by atoms with Crippen LogP contribution in [0.2, 0.25) is 0 Å². The van der Waals surface area contributed by atoms with E-state index in [1.54, 1.807) is 0 Å². The summed E-state index contributed by atoms with van der Waals surface area (Å²) < 4.78 is 0. The molecule has 1 aromatic rings. The van der Waals surface area contributed by atoms with Crippen molar-refractivity contribution >= 4 is 17.6 Å². The fourth-order valence-corrected chi connectivity index (χ4v) is 2.93. The number of hydrogen-bond acceptors (Lipinski definition) is 6. The van der Waals surface area contributed by atoms with Crippen LogP contribution in [-0.4, -0.2) is 41.7 Å². The Balaban J connectivity index is 1.79. The van der Waals surface area contributed by atoms with Gasteiger partial charge in [-0.15, -0.1) is 0 Å². The number of nitrogens with one attached hydrogen (secondary N) is 2. The number of rotatable bonds is 3. The van der Waals surface area contributed by atoms with Crippen LogP contribution in [0.4, 0.5) is 17.6 Å². The molecule has 2 aliphatic rings. The summed E-state index contributed by atoms with van der Waals surface area (Å²) >= 11 is 0. The van der Waals surface area contributed by atoms with Gasteiger partial charge in [-0.05, 0) is 32.7 Å². The van der Waals surface area contributed by atoms with Gasteiger partial charge in [-0.1, -0.05) is 0 Å². The fourth-order valence-electron chi connectivity index (χ4n) is 2.93. The summed E-state index contributed by atoms with van der Waals surface area (Å²) in [4.78, 5) is 11.0. The summed E-state index contributed by atoms with van der Waals surface area (Å²) in [5, 5.41) is 6.78. The summed E-state index contributed by atoms with van der Waals surface area (Å²) in [6.07, 6.45) is 3.57. The minimum Gasteiger partial charge on any atom is -0.368 e. The Hall–Kier alpha value is -1.56.